The Hall–Kier alpha value is -3.78. The summed E-state index contributed by atoms with van der Waals surface area (Å²) in [5, 5.41) is 5.53. The Bertz CT molecular complexity index is 1660. The number of H-pyrrole nitrogens is 1. The molecule has 0 radical (unpaired) electrons. The van der Waals surface area contributed by atoms with Gasteiger partial charge in [-0.1, -0.05) is 31.5 Å². The quantitative estimate of drug-likeness (QED) is 0.330. The Labute approximate surface area is 230 Å². The summed E-state index contributed by atoms with van der Waals surface area (Å²) in [5.41, 5.74) is 5.09. The molecule has 7 rings (SSSR count). The number of nitrogens with one attached hydrogen (secondary N) is 2. The fourth-order valence-electron chi connectivity index (χ4n) is 6.31. The Morgan fingerprint density at radius 1 is 1.15 bits per heavy atom. The number of aromatic amines is 1. The highest BCUT2D eigenvalue weighted by Crippen LogP contribution is 2.53. The molecule has 1 unspecified atom stereocenters. The summed E-state index contributed by atoms with van der Waals surface area (Å²) in [6.45, 7) is 4.32. The van der Waals surface area contributed by atoms with Gasteiger partial charge in [0.1, 0.15) is 24.2 Å². The first-order valence-corrected chi connectivity index (χ1v) is 13.7. The van der Waals surface area contributed by atoms with Crippen LogP contribution in [0.15, 0.2) is 42.5 Å². The largest absolute Gasteiger partial charge is 0.488 e. The van der Waals surface area contributed by atoms with Gasteiger partial charge in [-0.2, -0.15) is 0 Å². The SMILES string of the molecule is COC(=O)NC(C(=O)N1[C@@H]2C[C@@H]2C[C@H]1c1nc2c(ccc3cc4c(cc32)COc2cc(Cl)ccc2-4)[nH]1)C(C)C. The molecule has 39 heavy (non-hydrogen) atoms. The number of halogens is 1. The first kappa shape index (κ1) is 24.3. The second-order valence-electron chi connectivity index (χ2n) is 11.2. The first-order valence-electron chi connectivity index (χ1n) is 13.4. The number of piperidine rings is 1. The summed E-state index contributed by atoms with van der Waals surface area (Å²) in [5.74, 6) is 1.88. The van der Waals surface area contributed by atoms with Gasteiger partial charge in [0.15, 0.2) is 0 Å². The average molecular weight is 545 g/mol. The van der Waals surface area contributed by atoms with Crippen molar-refractivity contribution < 1.29 is 19.1 Å². The lowest BCUT2D eigenvalue weighted by atomic mass is 9.93. The monoisotopic (exact) mass is 544 g/mol. The Kier molecular flexibility index (Phi) is 5.53. The zero-order valence-corrected chi connectivity index (χ0v) is 22.7. The highest BCUT2D eigenvalue weighted by Gasteiger charge is 2.56. The molecule has 1 saturated heterocycles. The minimum absolute atomic E-state index is 0.0794. The third kappa shape index (κ3) is 3.92. The van der Waals surface area contributed by atoms with E-state index >= 15 is 0 Å². The second-order valence-corrected chi connectivity index (χ2v) is 11.6. The maximum Gasteiger partial charge on any atom is 0.407 e. The predicted molar refractivity (Wildman–Crippen MR) is 149 cm³/mol. The van der Waals surface area contributed by atoms with E-state index in [0.29, 0.717) is 17.5 Å². The molecule has 1 aromatic heterocycles. The van der Waals surface area contributed by atoms with Crippen LogP contribution in [0.25, 0.3) is 32.9 Å². The van der Waals surface area contributed by atoms with Crippen molar-refractivity contribution in [2.75, 3.05) is 7.11 Å². The summed E-state index contributed by atoms with van der Waals surface area (Å²) >= 11 is 6.18. The summed E-state index contributed by atoms with van der Waals surface area (Å²) in [6, 6.07) is 13.6. The van der Waals surface area contributed by atoms with Crippen LogP contribution >= 0.6 is 11.6 Å². The van der Waals surface area contributed by atoms with Gasteiger partial charge in [-0.3, -0.25) is 4.79 Å². The number of likely N-dealkylation sites (tertiary alicyclic amines) is 1. The third-order valence-electron chi connectivity index (χ3n) is 8.39. The molecule has 1 saturated carbocycles. The van der Waals surface area contributed by atoms with Gasteiger partial charge in [-0.05, 0) is 77.6 Å². The van der Waals surface area contributed by atoms with Crippen molar-refractivity contribution in [3.63, 3.8) is 0 Å². The average Bonchev–Trinajstić information content (AvgIpc) is 3.37. The van der Waals surface area contributed by atoms with Gasteiger partial charge in [0.25, 0.3) is 0 Å². The van der Waals surface area contributed by atoms with Crippen molar-refractivity contribution in [1.29, 1.82) is 0 Å². The maximum absolute atomic E-state index is 13.8. The molecular weight excluding hydrogens is 516 g/mol. The molecule has 8 nitrogen and oxygen atoms in total. The van der Waals surface area contributed by atoms with E-state index in [1.54, 1.807) is 0 Å². The van der Waals surface area contributed by atoms with E-state index in [-0.39, 0.29) is 23.9 Å². The minimum atomic E-state index is -0.659. The molecule has 0 spiro atoms. The van der Waals surface area contributed by atoms with Crippen molar-refractivity contribution in [3.05, 3.63) is 58.9 Å². The van der Waals surface area contributed by atoms with E-state index in [1.807, 2.05) is 36.9 Å². The number of benzene rings is 3. The number of hydrogen-bond donors (Lipinski definition) is 2. The van der Waals surface area contributed by atoms with Crippen molar-refractivity contribution in [2.45, 2.75) is 51.4 Å². The number of alkyl carbamates (subject to hydrolysis) is 1. The van der Waals surface area contributed by atoms with Crippen LogP contribution in [0.3, 0.4) is 0 Å². The van der Waals surface area contributed by atoms with Gasteiger partial charge in [-0.15, -0.1) is 0 Å². The van der Waals surface area contributed by atoms with E-state index in [4.69, 9.17) is 26.1 Å². The molecule has 2 amide bonds. The molecule has 2 aliphatic heterocycles. The molecular formula is C30H29ClN4O4. The summed E-state index contributed by atoms with van der Waals surface area (Å²) in [7, 11) is 1.31. The molecule has 3 aromatic carbocycles. The molecule has 0 bridgehead atoms. The van der Waals surface area contributed by atoms with Crippen molar-refractivity contribution in [1.82, 2.24) is 20.2 Å². The number of fused-ring (bicyclic) bond motifs is 7. The molecule has 3 aliphatic rings. The fraction of sp³-hybridized carbons (Fsp3) is 0.367. The zero-order valence-electron chi connectivity index (χ0n) is 22.0. The number of amides is 2. The van der Waals surface area contributed by atoms with E-state index in [0.717, 1.165) is 62.9 Å². The maximum atomic E-state index is 13.8. The van der Waals surface area contributed by atoms with Crippen LogP contribution in [0.1, 0.15) is 44.1 Å². The lowest BCUT2D eigenvalue weighted by Gasteiger charge is -2.31. The number of nitrogens with zero attached hydrogens (tertiary/aromatic N) is 2. The van der Waals surface area contributed by atoms with Crippen LogP contribution in [0, 0.1) is 11.8 Å². The van der Waals surface area contributed by atoms with Crippen molar-refractivity contribution >= 4 is 45.4 Å². The number of carbonyl (C=O) groups is 2. The number of methoxy groups -OCH3 is 1. The number of ether oxygens (including phenoxy) is 2. The van der Waals surface area contributed by atoms with Crippen molar-refractivity contribution in [3.8, 4) is 16.9 Å². The second kappa shape index (κ2) is 8.88. The molecule has 9 heteroatoms. The summed E-state index contributed by atoms with van der Waals surface area (Å²) in [4.78, 5) is 36.3. The first-order chi connectivity index (χ1) is 18.8. The minimum Gasteiger partial charge on any atom is -0.488 e. The molecule has 4 atom stereocenters. The predicted octanol–water partition coefficient (Wildman–Crippen LogP) is 5.97. The van der Waals surface area contributed by atoms with E-state index in [2.05, 4.69) is 34.6 Å². The molecule has 2 fully saturated rings. The standard InChI is InChI=1S/C30H29ClN4O4/c1-14(2)26(34-30(37)38-3)29(36)35-23-10-16(23)11-24(35)28-32-22-7-4-15-8-20-17(9-21(15)27(22)33-28)13-39-25-12-18(31)5-6-19(20)25/h4-9,12,14,16,23-24,26H,10-11,13H2,1-3H3,(H,32,33)(H,34,37)/t16-,23-,24+,26?/m1/s1. The zero-order chi connectivity index (χ0) is 27.0. The molecule has 1 aliphatic carbocycles. The van der Waals surface area contributed by atoms with Gasteiger partial charge < -0.3 is 24.7 Å². The topological polar surface area (TPSA) is 96.6 Å². The van der Waals surface area contributed by atoms with Gasteiger partial charge >= 0.3 is 6.09 Å². The van der Waals surface area contributed by atoms with Crippen LogP contribution in [-0.2, 0) is 16.1 Å². The smallest absolute Gasteiger partial charge is 0.407 e. The normalized spacial score (nSPS) is 21.8. The number of aromatic nitrogens is 2. The lowest BCUT2D eigenvalue weighted by Crippen LogP contribution is -2.52. The van der Waals surface area contributed by atoms with Gasteiger partial charge in [0.2, 0.25) is 5.91 Å². The number of hydrogen-bond acceptors (Lipinski definition) is 5. The molecule has 3 heterocycles. The Morgan fingerprint density at radius 3 is 2.79 bits per heavy atom. The molecule has 2 N–H and O–H groups in total. The number of carbonyl (C=O) groups excluding carboxylic acids is 2. The van der Waals surface area contributed by atoms with Crippen LogP contribution in [0.2, 0.25) is 5.02 Å². The Balaban J connectivity index is 1.26. The van der Waals surface area contributed by atoms with E-state index in [9.17, 15) is 9.59 Å². The van der Waals surface area contributed by atoms with Crippen LogP contribution in [-0.4, -0.2) is 46.1 Å². The highest BCUT2D eigenvalue weighted by molar-refractivity contribution is 6.30. The van der Waals surface area contributed by atoms with Crippen LogP contribution < -0.4 is 10.1 Å². The van der Waals surface area contributed by atoms with E-state index < -0.39 is 12.1 Å². The van der Waals surface area contributed by atoms with Gasteiger partial charge in [-0.25, -0.2) is 9.78 Å². The fourth-order valence-corrected chi connectivity index (χ4v) is 6.47. The van der Waals surface area contributed by atoms with Crippen LogP contribution in [0.4, 0.5) is 4.79 Å². The van der Waals surface area contributed by atoms with Crippen LogP contribution in [0.5, 0.6) is 5.75 Å². The lowest BCUT2D eigenvalue weighted by molar-refractivity contribution is -0.136. The van der Waals surface area contributed by atoms with E-state index in [1.165, 1.54) is 7.11 Å². The highest BCUT2D eigenvalue weighted by atomic mass is 35.5. The van der Waals surface area contributed by atoms with Gasteiger partial charge in [0.05, 0.1) is 24.2 Å². The Morgan fingerprint density at radius 2 is 2.00 bits per heavy atom. The summed E-state index contributed by atoms with van der Waals surface area (Å²) < 4.78 is 10.8. The molecule has 200 valence electrons. The number of rotatable bonds is 4. The third-order valence-corrected chi connectivity index (χ3v) is 8.63. The number of imidazole rings is 1. The molecule has 4 aromatic rings. The van der Waals surface area contributed by atoms with Crippen molar-refractivity contribution in [2.24, 2.45) is 11.8 Å². The summed E-state index contributed by atoms with van der Waals surface area (Å²) in [6.07, 6.45) is 1.26. The van der Waals surface area contributed by atoms with Gasteiger partial charge in [0, 0.05) is 22.0 Å².